The third-order valence-corrected chi connectivity index (χ3v) is 4.30. The van der Waals surface area contributed by atoms with Gasteiger partial charge in [0.25, 0.3) is 0 Å². The number of aliphatic imine (C=N–C) groups is 1. The van der Waals surface area contributed by atoms with Crippen LogP contribution in [0.3, 0.4) is 0 Å². The van der Waals surface area contributed by atoms with Gasteiger partial charge < -0.3 is 10.6 Å². The predicted molar refractivity (Wildman–Crippen MR) is 88.2 cm³/mol. The van der Waals surface area contributed by atoms with Crippen LogP contribution in [-0.2, 0) is 6.42 Å². The van der Waals surface area contributed by atoms with E-state index < -0.39 is 12.7 Å². The molecule has 0 aromatic carbocycles. The van der Waals surface area contributed by atoms with Crippen LogP contribution in [0.5, 0.6) is 0 Å². The summed E-state index contributed by atoms with van der Waals surface area (Å²) in [5.74, 6) is 0.579. The smallest absolute Gasteiger partial charge is 0.356 e. The van der Waals surface area contributed by atoms with Gasteiger partial charge in [0.1, 0.15) is 0 Å². The summed E-state index contributed by atoms with van der Waals surface area (Å²) in [7, 11) is 3.07. The molecule has 0 saturated carbocycles. The Kier molecular flexibility index (Phi) is 7.77. The van der Waals surface area contributed by atoms with E-state index in [2.05, 4.69) is 20.6 Å². The lowest BCUT2D eigenvalue weighted by Crippen LogP contribution is -2.42. The lowest BCUT2D eigenvalue weighted by atomic mass is 10.4. The summed E-state index contributed by atoms with van der Waals surface area (Å²) in [5.41, 5.74) is 1.06. The molecule has 1 aromatic rings. The highest BCUT2D eigenvalue weighted by atomic mass is 32.1. The molecule has 0 fully saturated rings. The minimum absolute atomic E-state index is 0.283. The molecule has 1 aromatic heterocycles. The first-order valence-electron chi connectivity index (χ1n) is 7.34. The summed E-state index contributed by atoms with van der Waals surface area (Å²) in [6.07, 6.45) is -3.38. The Hall–Kier alpha value is -1.35. The van der Waals surface area contributed by atoms with Gasteiger partial charge in [-0.2, -0.15) is 13.2 Å². The number of nitrogens with one attached hydrogen (secondary N) is 2. The normalized spacial score (nSPS) is 12.8. The van der Waals surface area contributed by atoms with Crippen molar-refractivity contribution in [3.05, 3.63) is 15.6 Å². The fraction of sp³-hybridized carbons (Fsp3) is 0.714. The molecule has 0 aliphatic heterocycles. The molecule has 0 bridgehead atoms. The quantitative estimate of drug-likeness (QED) is 0.582. The van der Waals surface area contributed by atoms with Gasteiger partial charge in [0.2, 0.25) is 0 Å². The summed E-state index contributed by atoms with van der Waals surface area (Å²) >= 11 is 1.68. The zero-order valence-electron chi connectivity index (χ0n) is 13.9. The molecular weight excluding hydrogens is 327 g/mol. The lowest BCUT2D eigenvalue weighted by molar-refractivity contribution is -0.142. The van der Waals surface area contributed by atoms with E-state index in [1.165, 1.54) is 16.8 Å². The van der Waals surface area contributed by atoms with Crippen LogP contribution in [0.4, 0.5) is 13.2 Å². The highest BCUT2D eigenvalue weighted by Gasteiger charge is 2.28. The van der Waals surface area contributed by atoms with Crippen molar-refractivity contribution in [3.63, 3.8) is 0 Å². The SMILES string of the molecule is CN=C(NCCc1nc(C)c(C)s1)NCCN(C)CC(F)(F)F. The summed E-state index contributed by atoms with van der Waals surface area (Å²) in [6.45, 7) is 4.46. The molecule has 0 atom stereocenters. The van der Waals surface area contributed by atoms with Crippen LogP contribution in [0.15, 0.2) is 4.99 Å². The molecule has 0 radical (unpaired) electrons. The number of aromatic nitrogens is 1. The summed E-state index contributed by atoms with van der Waals surface area (Å²) in [6, 6.07) is 0. The number of guanidine groups is 1. The first kappa shape index (κ1) is 19.7. The number of aryl methyl sites for hydroxylation is 2. The Balaban J connectivity index is 2.24. The number of likely N-dealkylation sites (N-methyl/N-ethyl adjacent to an activating group) is 1. The highest BCUT2D eigenvalue weighted by molar-refractivity contribution is 7.11. The molecule has 5 nitrogen and oxygen atoms in total. The van der Waals surface area contributed by atoms with Gasteiger partial charge in [-0.05, 0) is 20.9 Å². The Morgan fingerprint density at radius 2 is 1.91 bits per heavy atom. The van der Waals surface area contributed by atoms with Crippen molar-refractivity contribution < 1.29 is 13.2 Å². The molecule has 0 aliphatic rings. The fourth-order valence-corrected chi connectivity index (χ4v) is 2.84. The average Bonchev–Trinajstić information content (AvgIpc) is 2.74. The Bertz CT molecular complexity index is 494. The van der Waals surface area contributed by atoms with Crippen molar-refractivity contribution in [1.82, 2.24) is 20.5 Å². The maximum atomic E-state index is 12.2. The molecule has 1 heterocycles. The first-order chi connectivity index (χ1) is 10.7. The third-order valence-electron chi connectivity index (χ3n) is 3.16. The van der Waals surface area contributed by atoms with Crippen molar-refractivity contribution in [1.29, 1.82) is 0 Å². The van der Waals surface area contributed by atoms with E-state index in [0.29, 0.717) is 19.0 Å². The van der Waals surface area contributed by atoms with Gasteiger partial charge in [-0.25, -0.2) is 4.98 Å². The molecule has 2 N–H and O–H groups in total. The molecule has 9 heteroatoms. The second kappa shape index (κ2) is 9.07. The van der Waals surface area contributed by atoms with Crippen LogP contribution in [0, 0.1) is 13.8 Å². The second-order valence-corrected chi connectivity index (χ2v) is 6.57. The standard InChI is InChI=1S/C14H24F3N5S/c1-10-11(2)23-12(21-10)5-6-19-13(18-3)20-7-8-22(4)9-14(15,16)17/h5-9H2,1-4H3,(H2,18,19,20). The van der Waals surface area contributed by atoms with E-state index in [0.717, 1.165) is 17.1 Å². The highest BCUT2D eigenvalue weighted by Crippen LogP contribution is 2.16. The maximum absolute atomic E-state index is 12.2. The lowest BCUT2D eigenvalue weighted by Gasteiger charge is -2.19. The second-order valence-electron chi connectivity index (χ2n) is 5.28. The van der Waals surface area contributed by atoms with Crippen molar-refractivity contribution in [3.8, 4) is 0 Å². The first-order valence-corrected chi connectivity index (χ1v) is 8.15. The Morgan fingerprint density at radius 3 is 2.43 bits per heavy atom. The van der Waals surface area contributed by atoms with Crippen LogP contribution in [0.1, 0.15) is 15.6 Å². The zero-order valence-corrected chi connectivity index (χ0v) is 14.7. The fourth-order valence-electron chi connectivity index (χ4n) is 1.90. The van der Waals surface area contributed by atoms with Gasteiger partial charge in [-0.3, -0.25) is 9.89 Å². The van der Waals surface area contributed by atoms with Gasteiger partial charge in [0.15, 0.2) is 5.96 Å². The van der Waals surface area contributed by atoms with Gasteiger partial charge in [-0.15, -0.1) is 11.3 Å². The number of halogens is 3. The maximum Gasteiger partial charge on any atom is 0.401 e. The van der Waals surface area contributed by atoms with E-state index in [-0.39, 0.29) is 6.54 Å². The van der Waals surface area contributed by atoms with Crippen molar-refractivity contribution in [2.24, 2.45) is 4.99 Å². The monoisotopic (exact) mass is 351 g/mol. The predicted octanol–water partition coefficient (Wildman–Crippen LogP) is 1.96. The number of rotatable bonds is 7. The van der Waals surface area contributed by atoms with Gasteiger partial charge >= 0.3 is 6.18 Å². The molecule has 0 amide bonds. The van der Waals surface area contributed by atoms with Crippen LogP contribution < -0.4 is 10.6 Å². The molecule has 1 rings (SSSR count). The molecule has 23 heavy (non-hydrogen) atoms. The zero-order chi connectivity index (χ0) is 17.5. The number of thiazole rings is 1. The van der Waals surface area contributed by atoms with Crippen molar-refractivity contribution >= 4 is 17.3 Å². The van der Waals surface area contributed by atoms with Gasteiger partial charge in [-0.1, -0.05) is 0 Å². The van der Waals surface area contributed by atoms with E-state index in [9.17, 15) is 13.2 Å². The number of alkyl halides is 3. The number of nitrogens with zero attached hydrogens (tertiary/aromatic N) is 3. The van der Waals surface area contributed by atoms with E-state index in [1.807, 2.05) is 13.8 Å². The molecule has 132 valence electrons. The summed E-state index contributed by atoms with van der Waals surface area (Å²) in [4.78, 5) is 10.9. The van der Waals surface area contributed by atoms with E-state index in [1.54, 1.807) is 18.4 Å². The van der Waals surface area contributed by atoms with Crippen molar-refractivity contribution in [2.75, 3.05) is 40.3 Å². The Labute approximate surface area is 139 Å². The Morgan fingerprint density at radius 1 is 1.26 bits per heavy atom. The molecule has 0 spiro atoms. The van der Waals surface area contributed by atoms with Crippen LogP contribution in [0.2, 0.25) is 0 Å². The third kappa shape index (κ3) is 8.17. The molecular formula is C14H24F3N5S. The average molecular weight is 351 g/mol. The largest absolute Gasteiger partial charge is 0.401 e. The summed E-state index contributed by atoms with van der Waals surface area (Å²) < 4.78 is 36.6. The van der Waals surface area contributed by atoms with Gasteiger partial charge in [0.05, 0.1) is 17.2 Å². The van der Waals surface area contributed by atoms with E-state index in [4.69, 9.17) is 0 Å². The van der Waals surface area contributed by atoms with Crippen LogP contribution in [-0.4, -0.2) is 62.3 Å². The minimum atomic E-state index is -4.17. The molecule has 0 saturated heterocycles. The van der Waals surface area contributed by atoms with Crippen LogP contribution in [0.25, 0.3) is 0 Å². The van der Waals surface area contributed by atoms with Gasteiger partial charge in [0, 0.05) is 38.0 Å². The van der Waals surface area contributed by atoms with Crippen LogP contribution >= 0.6 is 11.3 Å². The minimum Gasteiger partial charge on any atom is -0.356 e. The molecule has 0 aliphatic carbocycles. The number of hydrogen-bond acceptors (Lipinski definition) is 4. The number of hydrogen-bond donors (Lipinski definition) is 2. The topological polar surface area (TPSA) is 52.6 Å². The summed E-state index contributed by atoms with van der Waals surface area (Å²) in [5, 5.41) is 7.20. The van der Waals surface area contributed by atoms with Crippen molar-refractivity contribution in [2.45, 2.75) is 26.4 Å². The van der Waals surface area contributed by atoms with E-state index >= 15 is 0 Å². The molecule has 0 unspecified atom stereocenters.